The predicted octanol–water partition coefficient (Wildman–Crippen LogP) is 6.03. The maximum Gasteiger partial charge on any atom is 3.00 e. The minimum Gasteiger partial charge on any atom is -1.00 e. The summed E-state index contributed by atoms with van der Waals surface area (Å²) < 4.78 is 7.25. The Morgan fingerprint density at radius 1 is 0.614 bits per heavy atom. The Morgan fingerprint density at radius 2 is 0.909 bits per heavy atom. The molecule has 2 aromatic carbocycles. The molecule has 0 saturated heterocycles. The second-order valence-corrected chi connectivity index (χ2v) is 15.9. The topological polar surface area (TPSA) is 109 Å². The molecule has 243 valence electrons. The van der Waals surface area contributed by atoms with Crippen molar-refractivity contribution in [2.75, 3.05) is 0 Å². The molecule has 0 spiro atoms. The van der Waals surface area contributed by atoms with Crippen molar-refractivity contribution in [3.8, 4) is 11.5 Å². The SMILES string of the molecule is CC(C)(C)c1cc(C=N[C@@H]2CCCC[C@H]2N=Cc2cc(C(C)(C)C)cc(C(C)(C)C)c2O)c(O)c(C(C)(C)C)c1.N#[O+].[Cl-].[Ru+3]. The van der Waals surface area contributed by atoms with Crippen LogP contribution in [0.2, 0.25) is 0 Å². The first-order valence-electron chi connectivity index (χ1n) is 15.2. The van der Waals surface area contributed by atoms with Crippen LogP contribution in [-0.4, -0.2) is 34.7 Å². The van der Waals surface area contributed by atoms with Crippen LogP contribution in [0.25, 0.3) is 0 Å². The Morgan fingerprint density at radius 3 is 1.16 bits per heavy atom. The summed E-state index contributed by atoms with van der Waals surface area (Å²) in [5.74, 6) is 0.637. The Hall–Kier alpha value is -2.04. The van der Waals surface area contributed by atoms with E-state index < -0.39 is 0 Å². The van der Waals surface area contributed by atoms with Gasteiger partial charge in [-0.3, -0.25) is 9.98 Å². The first-order valence-corrected chi connectivity index (χ1v) is 15.2. The molecule has 6 nitrogen and oxygen atoms in total. The standard InChI is InChI=1S/C36H54N2O2.ClH.NO.Ru/c1-33(2,3)25-17-23(31(39)27(19-25)35(7,8)9)21-37-29-15-13-14-16-30(29)38-22-24-18-26(34(4,5)6)20-28(32(24)40)36(10,11)12;;1-2;/h17-22,29-30,39-40H,13-16H2,1-12H3;1H;;/q;;+1;+3/p-1/t29-,30-;;;/m1.../s1. The molecule has 0 unspecified atom stereocenters. The molecular weight excluding hydrogens is 659 g/mol. The van der Waals surface area contributed by atoms with Gasteiger partial charge in [0.1, 0.15) is 11.5 Å². The molecule has 1 aliphatic rings. The number of nitrogens with zero attached hydrogens (tertiary/aromatic N) is 3. The molecule has 2 N–H and O–H groups in total. The third-order valence-corrected chi connectivity index (χ3v) is 8.13. The smallest absolute Gasteiger partial charge is 1.00 e. The maximum atomic E-state index is 11.2. The molecule has 1 radical (unpaired) electrons. The Labute approximate surface area is 285 Å². The number of hydrogen-bond donors (Lipinski definition) is 2. The van der Waals surface area contributed by atoms with Crippen molar-refractivity contribution in [3.63, 3.8) is 0 Å². The van der Waals surface area contributed by atoms with Gasteiger partial charge in [0.15, 0.2) is 0 Å². The summed E-state index contributed by atoms with van der Waals surface area (Å²) in [6.07, 6.45) is 7.90. The van der Waals surface area contributed by atoms with Crippen molar-refractivity contribution < 1.29 is 46.9 Å². The zero-order valence-corrected chi connectivity index (χ0v) is 31.3. The van der Waals surface area contributed by atoms with Crippen molar-refractivity contribution in [2.24, 2.45) is 9.98 Å². The summed E-state index contributed by atoms with van der Waals surface area (Å²) >= 11 is 0. The molecule has 2 atom stereocenters. The Kier molecular flexibility index (Phi) is 15.3. The molecule has 0 aromatic heterocycles. The van der Waals surface area contributed by atoms with Gasteiger partial charge >= 0.3 is 29.7 Å². The van der Waals surface area contributed by atoms with Crippen molar-refractivity contribution in [3.05, 3.63) is 57.6 Å². The van der Waals surface area contributed by atoms with Crippen LogP contribution in [0, 0.1) is 5.46 Å². The zero-order valence-electron chi connectivity index (χ0n) is 28.8. The number of phenols is 2. The van der Waals surface area contributed by atoms with Gasteiger partial charge in [-0.05, 0) is 57.8 Å². The Balaban J connectivity index is 0.00000453. The van der Waals surface area contributed by atoms with Gasteiger partial charge in [-0.1, -0.05) is 108 Å². The van der Waals surface area contributed by atoms with Crippen LogP contribution in [0.5, 0.6) is 11.5 Å². The second kappa shape index (κ2) is 16.0. The minimum absolute atomic E-state index is 0. The molecule has 3 rings (SSSR count). The van der Waals surface area contributed by atoms with Gasteiger partial charge in [-0.15, -0.1) is 0 Å². The van der Waals surface area contributed by atoms with E-state index in [0.717, 1.165) is 47.9 Å². The van der Waals surface area contributed by atoms with E-state index in [1.165, 1.54) is 11.1 Å². The second-order valence-electron chi connectivity index (χ2n) is 15.9. The van der Waals surface area contributed by atoms with Gasteiger partial charge in [0.25, 0.3) is 0 Å². The molecule has 1 saturated carbocycles. The van der Waals surface area contributed by atoms with E-state index in [-0.39, 0.29) is 65.6 Å². The minimum atomic E-state index is -0.179. The largest absolute Gasteiger partial charge is 3.00 e. The fourth-order valence-corrected chi connectivity index (χ4v) is 5.31. The van der Waals surface area contributed by atoms with Gasteiger partial charge in [0.05, 0.1) is 12.1 Å². The number of benzene rings is 2. The van der Waals surface area contributed by atoms with E-state index in [1.807, 2.05) is 12.4 Å². The first-order chi connectivity index (χ1) is 19.2. The molecule has 0 heterocycles. The summed E-state index contributed by atoms with van der Waals surface area (Å²) in [6, 6.07) is 8.53. The van der Waals surface area contributed by atoms with Crippen molar-refractivity contribution >= 4 is 12.4 Å². The number of rotatable bonds is 4. The van der Waals surface area contributed by atoms with Crippen LogP contribution < -0.4 is 12.4 Å². The third-order valence-electron chi connectivity index (χ3n) is 8.13. The Bertz CT molecular complexity index is 1220. The molecule has 0 aliphatic heterocycles. The van der Waals surface area contributed by atoms with Crippen LogP contribution >= 0.6 is 0 Å². The summed E-state index contributed by atoms with van der Waals surface area (Å²) in [7, 11) is 0. The van der Waals surface area contributed by atoms with E-state index in [2.05, 4.69) is 107 Å². The number of phenolic OH excluding ortho intramolecular Hbond substituents is 2. The van der Waals surface area contributed by atoms with Crippen LogP contribution in [0.15, 0.2) is 34.3 Å². The summed E-state index contributed by atoms with van der Waals surface area (Å²) in [5, 5.41) is 22.5. The van der Waals surface area contributed by atoms with E-state index in [9.17, 15) is 10.2 Å². The van der Waals surface area contributed by atoms with Crippen molar-refractivity contribution in [1.82, 2.24) is 0 Å². The van der Waals surface area contributed by atoms with Crippen LogP contribution in [0.3, 0.4) is 0 Å². The number of aliphatic imine (C=N–C) groups is 2. The normalized spacial score (nSPS) is 17.9. The summed E-state index contributed by atoms with van der Waals surface area (Å²) in [6.45, 7) is 26.0. The predicted molar refractivity (Wildman–Crippen MR) is 175 cm³/mol. The van der Waals surface area contributed by atoms with E-state index in [0.29, 0.717) is 11.5 Å². The summed E-state index contributed by atoms with van der Waals surface area (Å²) in [5.41, 5.74) is 11.1. The van der Waals surface area contributed by atoms with E-state index in [1.54, 1.807) is 0 Å². The van der Waals surface area contributed by atoms with Gasteiger partial charge in [0, 0.05) is 34.7 Å². The number of hydrogen-bond acceptors (Lipinski definition) is 5. The molecule has 0 bridgehead atoms. The summed E-state index contributed by atoms with van der Waals surface area (Å²) in [4.78, 5) is 10.1. The molecule has 44 heavy (non-hydrogen) atoms. The first kappa shape index (κ1) is 42.0. The third kappa shape index (κ3) is 10.8. The van der Waals surface area contributed by atoms with Crippen LogP contribution in [0.4, 0.5) is 0 Å². The van der Waals surface area contributed by atoms with Crippen molar-refractivity contribution in [2.45, 2.75) is 143 Å². The fraction of sp³-hybridized carbons (Fsp3) is 0.611. The quantitative estimate of drug-likeness (QED) is 0.230. The maximum absolute atomic E-state index is 11.2. The van der Waals surface area contributed by atoms with Gasteiger partial charge < -0.3 is 22.6 Å². The average Bonchev–Trinajstić information content (AvgIpc) is 2.86. The molecule has 8 heteroatoms. The van der Waals surface area contributed by atoms with Gasteiger partial charge in [-0.2, -0.15) is 0 Å². The molecule has 1 aliphatic carbocycles. The molecular formula is C36H54ClN3O3Ru+3. The van der Waals surface area contributed by atoms with E-state index in [4.69, 9.17) is 20.2 Å². The number of halogens is 1. The van der Waals surface area contributed by atoms with Gasteiger partial charge in [-0.25, -0.2) is 0 Å². The van der Waals surface area contributed by atoms with E-state index >= 15 is 0 Å². The number of aromatic hydroxyl groups is 2. The average molecular weight is 713 g/mol. The van der Waals surface area contributed by atoms with Crippen LogP contribution in [0.1, 0.15) is 142 Å². The fourth-order valence-electron chi connectivity index (χ4n) is 5.31. The van der Waals surface area contributed by atoms with Crippen LogP contribution in [-0.2, 0) is 45.9 Å². The zero-order chi connectivity index (χ0) is 32.3. The molecule has 0 amide bonds. The van der Waals surface area contributed by atoms with Crippen molar-refractivity contribution in [1.29, 1.82) is 5.46 Å². The van der Waals surface area contributed by atoms with Gasteiger partial charge in [0.2, 0.25) is 0 Å². The monoisotopic (exact) mass is 713 g/mol. The molecule has 1 fully saturated rings. The molecule has 2 aromatic rings.